The summed E-state index contributed by atoms with van der Waals surface area (Å²) in [6.07, 6.45) is 6.19. The van der Waals surface area contributed by atoms with Crippen molar-refractivity contribution in [3.63, 3.8) is 0 Å². The molecule has 0 radical (unpaired) electrons. The third-order valence-electron chi connectivity index (χ3n) is 9.81. The molecule has 0 bridgehead atoms. The van der Waals surface area contributed by atoms with Crippen LogP contribution in [0.25, 0.3) is 10.9 Å². The minimum Gasteiger partial charge on any atom is -0.368 e. The Morgan fingerprint density at radius 3 is 1.86 bits per heavy atom. The van der Waals surface area contributed by atoms with E-state index in [4.69, 9.17) is 11.5 Å². The number of para-hydroxylation sites is 1. The summed E-state index contributed by atoms with van der Waals surface area (Å²) in [5.41, 5.74) is 13.7. The van der Waals surface area contributed by atoms with Gasteiger partial charge in [0.15, 0.2) is 0 Å². The Kier molecular flexibility index (Phi) is 18.9. The molecular formula is C41H60N8O6S. The predicted molar refractivity (Wildman–Crippen MR) is 221 cm³/mol. The number of nitrogens with one attached hydrogen (secondary N) is 6. The zero-order valence-electron chi connectivity index (χ0n) is 33.2. The molecule has 0 spiro atoms. The molecule has 0 aliphatic rings. The molecule has 306 valence electrons. The normalized spacial score (nSPS) is 14.5. The molecule has 0 saturated carbocycles. The van der Waals surface area contributed by atoms with E-state index in [1.54, 1.807) is 27.0 Å². The fourth-order valence-electron chi connectivity index (χ4n) is 6.19. The molecule has 0 saturated heterocycles. The number of amides is 6. The van der Waals surface area contributed by atoms with E-state index in [1.807, 2.05) is 67.8 Å². The molecule has 0 aliphatic heterocycles. The highest BCUT2D eigenvalue weighted by Crippen LogP contribution is 2.20. The first-order valence-electron chi connectivity index (χ1n) is 19.4. The minimum absolute atomic E-state index is 0.0786. The van der Waals surface area contributed by atoms with Crippen molar-refractivity contribution in [3.8, 4) is 0 Å². The van der Waals surface area contributed by atoms with Gasteiger partial charge in [-0.05, 0) is 67.3 Å². The molecule has 56 heavy (non-hydrogen) atoms. The van der Waals surface area contributed by atoms with Gasteiger partial charge in [0.25, 0.3) is 0 Å². The topological polar surface area (TPSA) is 230 Å². The van der Waals surface area contributed by atoms with Crippen LogP contribution >= 0.6 is 11.8 Å². The molecule has 6 amide bonds. The molecule has 2 aromatic carbocycles. The van der Waals surface area contributed by atoms with Crippen molar-refractivity contribution < 1.29 is 28.8 Å². The Morgan fingerprint density at radius 1 is 0.696 bits per heavy atom. The largest absolute Gasteiger partial charge is 0.368 e. The van der Waals surface area contributed by atoms with Crippen LogP contribution in [0.5, 0.6) is 0 Å². The van der Waals surface area contributed by atoms with Crippen molar-refractivity contribution in [1.29, 1.82) is 0 Å². The quantitative estimate of drug-likeness (QED) is 0.0627. The highest BCUT2D eigenvalue weighted by molar-refractivity contribution is 7.98. The summed E-state index contributed by atoms with van der Waals surface area (Å²) >= 11 is 1.48. The summed E-state index contributed by atoms with van der Waals surface area (Å²) in [6, 6.07) is 11.5. The van der Waals surface area contributed by atoms with Crippen molar-refractivity contribution >= 4 is 58.1 Å². The van der Waals surface area contributed by atoms with Crippen LogP contribution in [0, 0.1) is 11.8 Å². The number of aromatic amines is 1. The average molecular weight is 793 g/mol. The Balaban J connectivity index is 1.94. The van der Waals surface area contributed by atoms with Crippen LogP contribution in [0.4, 0.5) is 0 Å². The second kappa shape index (κ2) is 23.2. The second-order valence-corrected chi connectivity index (χ2v) is 15.5. The number of unbranched alkanes of at least 4 members (excludes halogenated alkanes) is 1. The lowest BCUT2D eigenvalue weighted by atomic mass is 9.97. The molecule has 0 aliphatic carbocycles. The number of benzene rings is 2. The van der Waals surface area contributed by atoms with Gasteiger partial charge in [-0.1, -0.05) is 82.6 Å². The number of H-pyrrole nitrogens is 1. The van der Waals surface area contributed by atoms with E-state index >= 15 is 0 Å². The number of hydrogen-bond donors (Lipinski definition) is 8. The zero-order valence-corrected chi connectivity index (χ0v) is 34.0. The van der Waals surface area contributed by atoms with E-state index in [0.717, 1.165) is 22.0 Å². The van der Waals surface area contributed by atoms with Gasteiger partial charge in [0.1, 0.15) is 30.2 Å². The summed E-state index contributed by atoms with van der Waals surface area (Å²) in [6.45, 7) is 7.57. The molecule has 6 atom stereocenters. The summed E-state index contributed by atoms with van der Waals surface area (Å²) in [7, 11) is 0. The molecule has 14 nitrogen and oxygen atoms in total. The fraction of sp³-hybridized carbons (Fsp3) is 0.512. The van der Waals surface area contributed by atoms with Gasteiger partial charge in [-0.15, -0.1) is 0 Å². The molecule has 1 heterocycles. The Hall–Kier alpha value is -4.89. The number of hydrogen-bond acceptors (Lipinski definition) is 8. The van der Waals surface area contributed by atoms with Crippen LogP contribution in [0.2, 0.25) is 0 Å². The minimum atomic E-state index is -1.14. The number of aromatic nitrogens is 1. The fourth-order valence-corrected chi connectivity index (χ4v) is 6.66. The second-order valence-electron chi connectivity index (χ2n) is 14.5. The van der Waals surface area contributed by atoms with Gasteiger partial charge in [0.2, 0.25) is 35.4 Å². The molecular weight excluding hydrogens is 733 g/mol. The number of thioether (sulfide) groups is 1. The van der Waals surface area contributed by atoms with Crippen molar-refractivity contribution in [2.24, 2.45) is 23.3 Å². The van der Waals surface area contributed by atoms with Gasteiger partial charge in [0, 0.05) is 35.9 Å². The number of carbonyl (C=O) groups excluding carboxylic acids is 6. The third-order valence-corrected chi connectivity index (χ3v) is 10.5. The van der Waals surface area contributed by atoms with Gasteiger partial charge in [-0.3, -0.25) is 28.8 Å². The van der Waals surface area contributed by atoms with Crippen molar-refractivity contribution in [2.75, 3.05) is 18.6 Å². The summed E-state index contributed by atoms with van der Waals surface area (Å²) in [5, 5.41) is 15.0. The highest BCUT2D eigenvalue weighted by Gasteiger charge is 2.33. The van der Waals surface area contributed by atoms with Crippen molar-refractivity contribution in [1.82, 2.24) is 31.6 Å². The van der Waals surface area contributed by atoms with Crippen LogP contribution in [-0.4, -0.2) is 89.2 Å². The summed E-state index contributed by atoms with van der Waals surface area (Å²) in [4.78, 5) is 84.3. The Morgan fingerprint density at radius 2 is 1.25 bits per heavy atom. The lowest BCUT2D eigenvalue weighted by Crippen LogP contribution is -2.60. The molecule has 3 rings (SSSR count). The van der Waals surface area contributed by atoms with Crippen LogP contribution in [0.1, 0.15) is 70.9 Å². The van der Waals surface area contributed by atoms with E-state index in [2.05, 4.69) is 31.6 Å². The summed E-state index contributed by atoms with van der Waals surface area (Å²) < 4.78 is 0. The maximum Gasteiger partial charge on any atom is 0.243 e. The van der Waals surface area contributed by atoms with Gasteiger partial charge < -0.3 is 43.0 Å². The number of primary amides is 1. The predicted octanol–water partition coefficient (Wildman–Crippen LogP) is 2.45. The molecule has 10 N–H and O–H groups in total. The van der Waals surface area contributed by atoms with E-state index in [1.165, 1.54) is 11.8 Å². The van der Waals surface area contributed by atoms with Gasteiger partial charge in [-0.25, -0.2) is 0 Å². The lowest BCUT2D eigenvalue weighted by molar-refractivity contribution is -0.135. The smallest absolute Gasteiger partial charge is 0.243 e. The molecule has 3 aromatic rings. The SMILES string of the molecule is CC[C@H](C)[C@H](NC(=O)[C@H](Cc1ccccc1)NC(=O)[C@H](CCSC)NC(=O)[C@H](Cc1c[nH]c2ccccc12)NC(=O)[C@H](CCCCN)NC(=O)C(C)C)C(N)=O. The Bertz CT molecular complexity index is 1750. The maximum atomic E-state index is 14.3. The number of carbonyl (C=O) groups is 6. The van der Waals surface area contributed by atoms with E-state index in [0.29, 0.717) is 38.0 Å². The average Bonchev–Trinajstić information content (AvgIpc) is 3.59. The Labute approximate surface area is 334 Å². The number of fused-ring (bicyclic) bond motifs is 1. The van der Waals surface area contributed by atoms with Crippen LogP contribution < -0.4 is 38.1 Å². The summed E-state index contributed by atoms with van der Waals surface area (Å²) in [5.74, 6) is -3.46. The van der Waals surface area contributed by atoms with Gasteiger partial charge in [-0.2, -0.15) is 11.8 Å². The van der Waals surface area contributed by atoms with Crippen LogP contribution in [-0.2, 0) is 41.6 Å². The molecule has 15 heteroatoms. The van der Waals surface area contributed by atoms with E-state index in [9.17, 15) is 28.8 Å². The zero-order chi connectivity index (χ0) is 41.2. The van der Waals surface area contributed by atoms with Gasteiger partial charge in [0.05, 0.1) is 0 Å². The maximum absolute atomic E-state index is 14.3. The van der Waals surface area contributed by atoms with Crippen LogP contribution in [0.15, 0.2) is 60.8 Å². The van der Waals surface area contributed by atoms with Crippen molar-refractivity contribution in [3.05, 3.63) is 71.9 Å². The van der Waals surface area contributed by atoms with E-state index in [-0.39, 0.29) is 37.0 Å². The lowest BCUT2D eigenvalue weighted by Gasteiger charge is -2.28. The number of rotatable bonds is 24. The molecule has 0 fully saturated rings. The van der Waals surface area contributed by atoms with Gasteiger partial charge >= 0.3 is 0 Å². The molecule has 0 unspecified atom stereocenters. The monoisotopic (exact) mass is 792 g/mol. The molecule has 1 aromatic heterocycles. The first-order valence-corrected chi connectivity index (χ1v) is 20.8. The third kappa shape index (κ3) is 14.0. The van der Waals surface area contributed by atoms with Crippen molar-refractivity contribution in [2.45, 2.75) is 103 Å². The highest BCUT2D eigenvalue weighted by atomic mass is 32.2. The van der Waals surface area contributed by atoms with Crippen LogP contribution in [0.3, 0.4) is 0 Å². The standard InChI is InChI=1S/C41H60N8O6S/c1-6-26(4)35(36(43)50)49-41(55)33(22-27-14-8-7-9-15-27)47-39(53)32(19-21-56-5)46-40(54)34(23-28-24-44-30-17-11-10-16-29(28)30)48-38(52)31(18-12-13-20-42)45-37(51)25(2)3/h7-11,14-17,24-26,31-35,44H,6,12-13,18-23,42H2,1-5H3,(H2,43,50)(H,45,51)(H,46,54)(H,47,53)(H,48,52)(H,49,55)/t26-,31-,32-,33-,34-,35-/m0/s1. The number of nitrogens with two attached hydrogens (primary N) is 2. The first kappa shape index (κ1) is 45.5. The first-order chi connectivity index (χ1) is 26.8. The van der Waals surface area contributed by atoms with E-state index < -0.39 is 59.7 Å².